The summed E-state index contributed by atoms with van der Waals surface area (Å²) in [6, 6.07) is 12.9. The molecule has 8 heteroatoms. The standard InChI is InChI=1S/C19H15FN4O3/c1-24-11-21-15-7-6-12(8-17(15)24)22-19(25)16-9-13(27-23-16)10-26-18-5-3-2-4-14(18)20/h2-9,11H,10H2,1H3,(H,22,25). The van der Waals surface area contributed by atoms with Gasteiger partial charge in [-0.3, -0.25) is 4.79 Å². The molecule has 4 aromatic rings. The summed E-state index contributed by atoms with van der Waals surface area (Å²) in [6.07, 6.45) is 1.70. The van der Waals surface area contributed by atoms with Gasteiger partial charge in [0.1, 0.15) is 6.61 Å². The van der Waals surface area contributed by atoms with Crippen molar-refractivity contribution in [3.8, 4) is 5.75 Å². The minimum atomic E-state index is -0.472. The summed E-state index contributed by atoms with van der Waals surface area (Å²) < 4.78 is 25.8. The average molecular weight is 366 g/mol. The fraction of sp³-hybridized carbons (Fsp3) is 0.105. The van der Waals surface area contributed by atoms with Gasteiger partial charge in [-0.15, -0.1) is 0 Å². The molecule has 7 nitrogen and oxygen atoms in total. The molecule has 0 bridgehead atoms. The number of hydrogen-bond donors (Lipinski definition) is 1. The molecule has 0 fully saturated rings. The zero-order valence-corrected chi connectivity index (χ0v) is 14.3. The third-order valence-electron chi connectivity index (χ3n) is 3.98. The zero-order chi connectivity index (χ0) is 18.8. The quantitative estimate of drug-likeness (QED) is 0.584. The molecule has 4 rings (SSSR count). The van der Waals surface area contributed by atoms with Gasteiger partial charge in [-0.25, -0.2) is 9.37 Å². The third-order valence-corrected chi connectivity index (χ3v) is 3.98. The molecule has 0 radical (unpaired) electrons. The van der Waals surface area contributed by atoms with Crippen molar-refractivity contribution in [3.63, 3.8) is 0 Å². The van der Waals surface area contributed by atoms with E-state index >= 15 is 0 Å². The van der Waals surface area contributed by atoms with Gasteiger partial charge in [-0.1, -0.05) is 17.3 Å². The highest BCUT2D eigenvalue weighted by Crippen LogP contribution is 2.19. The number of aromatic nitrogens is 3. The number of amides is 1. The number of halogens is 1. The van der Waals surface area contributed by atoms with E-state index in [1.807, 2.05) is 23.7 Å². The van der Waals surface area contributed by atoms with Gasteiger partial charge in [0.15, 0.2) is 23.0 Å². The van der Waals surface area contributed by atoms with Crippen molar-refractivity contribution in [2.75, 3.05) is 5.32 Å². The van der Waals surface area contributed by atoms with Crippen LogP contribution in [-0.4, -0.2) is 20.6 Å². The van der Waals surface area contributed by atoms with Crippen molar-refractivity contribution in [1.82, 2.24) is 14.7 Å². The predicted octanol–water partition coefficient (Wildman–Crippen LogP) is 3.53. The first-order chi connectivity index (χ1) is 13.1. The maximum absolute atomic E-state index is 13.5. The fourth-order valence-electron chi connectivity index (χ4n) is 2.60. The van der Waals surface area contributed by atoms with Crippen LogP contribution in [0.25, 0.3) is 11.0 Å². The first kappa shape index (κ1) is 16.8. The first-order valence-electron chi connectivity index (χ1n) is 8.15. The zero-order valence-electron chi connectivity index (χ0n) is 14.3. The number of hydrogen-bond acceptors (Lipinski definition) is 5. The predicted molar refractivity (Wildman–Crippen MR) is 95.9 cm³/mol. The lowest BCUT2D eigenvalue weighted by Gasteiger charge is -2.04. The summed E-state index contributed by atoms with van der Waals surface area (Å²) in [6.45, 7) is -0.0395. The highest BCUT2D eigenvalue weighted by Gasteiger charge is 2.14. The van der Waals surface area contributed by atoms with E-state index in [2.05, 4.69) is 15.5 Å². The molecule has 0 saturated carbocycles. The lowest BCUT2D eigenvalue weighted by molar-refractivity contribution is 0.101. The van der Waals surface area contributed by atoms with Gasteiger partial charge in [-0.05, 0) is 30.3 Å². The Morgan fingerprint density at radius 1 is 1.26 bits per heavy atom. The molecule has 1 N–H and O–H groups in total. The van der Waals surface area contributed by atoms with Crippen LogP contribution in [0.15, 0.2) is 59.4 Å². The molecule has 0 aliphatic rings. The van der Waals surface area contributed by atoms with E-state index in [0.717, 1.165) is 11.0 Å². The second-order valence-corrected chi connectivity index (χ2v) is 5.91. The molecule has 0 unspecified atom stereocenters. The maximum Gasteiger partial charge on any atom is 0.277 e. The first-order valence-corrected chi connectivity index (χ1v) is 8.15. The van der Waals surface area contributed by atoms with E-state index in [1.54, 1.807) is 24.5 Å². The smallest absolute Gasteiger partial charge is 0.277 e. The Hall–Kier alpha value is -3.68. The number of nitrogens with zero attached hydrogens (tertiary/aromatic N) is 3. The number of ether oxygens (including phenoxy) is 1. The van der Waals surface area contributed by atoms with Crippen molar-refractivity contribution in [2.24, 2.45) is 7.05 Å². The topological polar surface area (TPSA) is 82.2 Å². The number of benzene rings is 2. The summed E-state index contributed by atoms with van der Waals surface area (Å²) in [5.74, 6) is -0.479. The Balaban J connectivity index is 1.43. The fourth-order valence-corrected chi connectivity index (χ4v) is 2.60. The summed E-state index contributed by atoms with van der Waals surface area (Å²) in [4.78, 5) is 16.6. The number of nitrogens with one attached hydrogen (secondary N) is 1. The van der Waals surface area contributed by atoms with Crippen molar-refractivity contribution >= 4 is 22.6 Å². The van der Waals surface area contributed by atoms with Crippen LogP contribution in [0.3, 0.4) is 0 Å². The van der Waals surface area contributed by atoms with Crippen LogP contribution in [0.4, 0.5) is 10.1 Å². The SMILES string of the molecule is Cn1cnc2ccc(NC(=O)c3cc(COc4ccccc4F)on3)cc21. The van der Waals surface area contributed by atoms with Crippen molar-refractivity contribution < 1.29 is 18.4 Å². The highest BCUT2D eigenvalue weighted by atomic mass is 19.1. The number of fused-ring (bicyclic) bond motifs is 1. The lowest BCUT2D eigenvalue weighted by atomic mass is 10.2. The molecular formula is C19H15FN4O3. The molecule has 0 spiro atoms. The molecule has 0 saturated heterocycles. The van der Waals surface area contributed by atoms with E-state index in [-0.39, 0.29) is 18.1 Å². The average Bonchev–Trinajstić information content (AvgIpc) is 3.28. The number of para-hydroxylation sites is 1. The largest absolute Gasteiger partial charge is 0.482 e. The van der Waals surface area contributed by atoms with Crippen LogP contribution in [-0.2, 0) is 13.7 Å². The van der Waals surface area contributed by atoms with Crippen molar-refractivity contribution in [3.05, 3.63) is 72.1 Å². The normalized spacial score (nSPS) is 10.9. The van der Waals surface area contributed by atoms with Gasteiger partial charge in [0.05, 0.1) is 17.4 Å². The van der Waals surface area contributed by atoms with Gasteiger partial charge in [0.2, 0.25) is 0 Å². The molecule has 2 aromatic carbocycles. The number of rotatable bonds is 5. The number of anilines is 1. The number of aryl methyl sites for hydroxylation is 1. The van der Waals surface area contributed by atoms with E-state index in [0.29, 0.717) is 11.4 Å². The van der Waals surface area contributed by atoms with E-state index in [1.165, 1.54) is 18.2 Å². The highest BCUT2D eigenvalue weighted by molar-refractivity contribution is 6.03. The summed E-state index contributed by atoms with van der Waals surface area (Å²) in [5.41, 5.74) is 2.45. The molecule has 2 aromatic heterocycles. The van der Waals surface area contributed by atoms with Gasteiger partial charge in [-0.2, -0.15) is 0 Å². The van der Waals surface area contributed by atoms with Gasteiger partial charge >= 0.3 is 0 Å². The number of carbonyl (C=O) groups excluding carboxylic acids is 1. The molecule has 0 aliphatic carbocycles. The maximum atomic E-state index is 13.5. The van der Waals surface area contributed by atoms with Gasteiger partial charge in [0, 0.05) is 18.8 Å². The van der Waals surface area contributed by atoms with E-state index in [9.17, 15) is 9.18 Å². The molecule has 27 heavy (non-hydrogen) atoms. The van der Waals surface area contributed by atoms with E-state index < -0.39 is 11.7 Å². The molecule has 136 valence electrons. The summed E-state index contributed by atoms with van der Waals surface area (Å²) in [5, 5.41) is 6.50. The molecule has 0 atom stereocenters. The second-order valence-electron chi connectivity index (χ2n) is 5.91. The third kappa shape index (κ3) is 3.50. The minimum absolute atomic E-state index is 0.0395. The Bertz CT molecular complexity index is 1120. The van der Waals surface area contributed by atoms with Gasteiger partial charge < -0.3 is 19.1 Å². The number of carbonyl (C=O) groups is 1. The molecule has 0 aliphatic heterocycles. The minimum Gasteiger partial charge on any atom is -0.482 e. The van der Waals surface area contributed by atoms with Crippen molar-refractivity contribution in [1.29, 1.82) is 0 Å². The van der Waals surface area contributed by atoms with Crippen LogP contribution in [0.1, 0.15) is 16.2 Å². The van der Waals surface area contributed by atoms with Crippen LogP contribution in [0.5, 0.6) is 5.75 Å². The second kappa shape index (κ2) is 6.91. The van der Waals surface area contributed by atoms with Gasteiger partial charge in [0.25, 0.3) is 5.91 Å². The monoisotopic (exact) mass is 366 g/mol. The Labute approximate surface area is 153 Å². The Morgan fingerprint density at radius 3 is 2.96 bits per heavy atom. The Kier molecular flexibility index (Phi) is 4.29. The molecule has 1 amide bonds. The lowest BCUT2D eigenvalue weighted by Crippen LogP contribution is -2.12. The van der Waals surface area contributed by atoms with Crippen LogP contribution in [0, 0.1) is 5.82 Å². The van der Waals surface area contributed by atoms with Crippen LogP contribution in [0.2, 0.25) is 0 Å². The molecular weight excluding hydrogens is 351 g/mol. The Morgan fingerprint density at radius 2 is 2.11 bits per heavy atom. The molecule has 2 heterocycles. The van der Waals surface area contributed by atoms with E-state index in [4.69, 9.17) is 9.26 Å². The number of imidazole rings is 1. The van der Waals surface area contributed by atoms with Crippen LogP contribution < -0.4 is 10.1 Å². The summed E-state index contributed by atoms with van der Waals surface area (Å²) >= 11 is 0. The summed E-state index contributed by atoms with van der Waals surface area (Å²) in [7, 11) is 1.88. The van der Waals surface area contributed by atoms with Crippen LogP contribution >= 0.6 is 0 Å². The van der Waals surface area contributed by atoms with Crippen molar-refractivity contribution in [2.45, 2.75) is 6.61 Å².